The molecular weight excluding hydrogens is 279 g/mol. The molecule has 5 nitrogen and oxygen atoms in total. The predicted molar refractivity (Wildman–Crippen MR) is 57.8 cm³/mol. The van der Waals surface area contributed by atoms with Gasteiger partial charge in [-0.1, -0.05) is 5.21 Å². The van der Waals surface area contributed by atoms with E-state index >= 15 is 0 Å². The summed E-state index contributed by atoms with van der Waals surface area (Å²) < 4.78 is 15.5. The zero-order valence-electron chi connectivity index (χ0n) is 8.35. The average Bonchev–Trinajstić information content (AvgIpc) is 2.59. The first-order valence-electron chi connectivity index (χ1n) is 4.44. The molecule has 0 atom stereocenters. The maximum Gasteiger partial charge on any atom is 0.152 e. The molecule has 1 N–H and O–H groups in total. The minimum absolute atomic E-state index is 0.0837. The molecule has 7 heteroatoms. The molecular formula is C9H8BrFN4O. The number of aliphatic hydroxyl groups excluding tert-OH is 1. The van der Waals surface area contributed by atoms with Crippen LogP contribution in [0.2, 0.25) is 0 Å². The van der Waals surface area contributed by atoms with E-state index in [1.54, 1.807) is 7.05 Å². The van der Waals surface area contributed by atoms with Crippen molar-refractivity contribution in [2.75, 3.05) is 0 Å². The van der Waals surface area contributed by atoms with Crippen LogP contribution in [0, 0.1) is 5.82 Å². The van der Waals surface area contributed by atoms with E-state index in [1.165, 1.54) is 16.9 Å². The van der Waals surface area contributed by atoms with E-state index in [2.05, 4.69) is 31.2 Å². The summed E-state index contributed by atoms with van der Waals surface area (Å²) in [5.41, 5.74) is 0.768. The van der Waals surface area contributed by atoms with Crippen molar-refractivity contribution < 1.29 is 9.50 Å². The van der Waals surface area contributed by atoms with Crippen LogP contribution >= 0.6 is 15.9 Å². The van der Waals surface area contributed by atoms with Crippen LogP contribution in [0.3, 0.4) is 0 Å². The first-order chi connectivity index (χ1) is 7.63. The molecule has 0 aliphatic carbocycles. The van der Waals surface area contributed by atoms with Gasteiger partial charge in [0.2, 0.25) is 0 Å². The van der Waals surface area contributed by atoms with Crippen LogP contribution in [-0.2, 0) is 13.7 Å². The van der Waals surface area contributed by atoms with Crippen molar-refractivity contribution in [2.24, 2.45) is 7.05 Å². The highest BCUT2D eigenvalue weighted by atomic mass is 79.9. The zero-order chi connectivity index (χ0) is 11.7. The number of aryl methyl sites for hydroxylation is 1. The van der Waals surface area contributed by atoms with Gasteiger partial charge in [-0.05, 0) is 22.0 Å². The van der Waals surface area contributed by atoms with Crippen molar-refractivity contribution in [3.63, 3.8) is 0 Å². The minimum atomic E-state index is -0.510. The van der Waals surface area contributed by atoms with Gasteiger partial charge in [-0.15, -0.1) is 5.10 Å². The molecule has 0 radical (unpaired) electrons. The second kappa shape index (κ2) is 4.26. The Balaban J connectivity index is 2.58. The summed E-state index contributed by atoms with van der Waals surface area (Å²) >= 11 is 3.12. The van der Waals surface area contributed by atoms with Crippen LogP contribution in [0.25, 0.3) is 11.4 Å². The van der Waals surface area contributed by atoms with Crippen molar-refractivity contribution in [3.05, 3.63) is 28.2 Å². The maximum atomic E-state index is 13.6. The Morgan fingerprint density at radius 1 is 1.50 bits per heavy atom. The Morgan fingerprint density at radius 2 is 2.25 bits per heavy atom. The second-order valence-electron chi connectivity index (χ2n) is 3.15. The molecule has 2 aromatic heterocycles. The van der Waals surface area contributed by atoms with E-state index in [0.717, 1.165) is 0 Å². The molecule has 0 amide bonds. The lowest BCUT2D eigenvalue weighted by atomic mass is 10.2. The van der Waals surface area contributed by atoms with Gasteiger partial charge in [0.1, 0.15) is 11.4 Å². The quantitative estimate of drug-likeness (QED) is 0.903. The number of hydrogen-bond acceptors (Lipinski definition) is 4. The molecule has 0 saturated heterocycles. The lowest BCUT2D eigenvalue weighted by molar-refractivity contribution is 0.271. The van der Waals surface area contributed by atoms with Crippen LogP contribution in [-0.4, -0.2) is 25.1 Å². The fraction of sp³-hybridized carbons (Fsp3) is 0.222. The summed E-state index contributed by atoms with van der Waals surface area (Å²) in [5, 5.41) is 16.6. The van der Waals surface area contributed by atoms with Gasteiger partial charge in [0, 0.05) is 17.7 Å². The van der Waals surface area contributed by atoms with Gasteiger partial charge in [0.25, 0.3) is 0 Å². The van der Waals surface area contributed by atoms with Gasteiger partial charge < -0.3 is 5.11 Å². The standard InChI is InChI=1S/C9H8BrFN4O/c1-15-7(4-16)9(13-14-15)8-6(11)2-5(10)3-12-8/h2-3,16H,4H2,1H3. The number of pyridine rings is 1. The first kappa shape index (κ1) is 11.2. The number of aliphatic hydroxyl groups is 1. The van der Waals surface area contributed by atoms with Gasteiger partial charge in [0.15, 0.2) is 5.82 Å². The zero-order valence-corrected chi connectivity index (χ0v) is 9.94. The van der Waals surface area contributed by atoms with Crippen molar-refractivity contribution in [2.45, 2.75) is 6.61 Å². The fourth-order valence-electron chi connectivity index (χ4n) is 1.33. The number of rotatable bonds is 2. The predicted octanol–water partition coefficient (Wildman–Crippen LogP) is 1.27. The molecule has 0 fully saturated rings. The molecule has 16 heavy (non-hydrogen) atoms. The van der Waals surface area contributed by atoms with Crippen LogP contribution in [0.4, 0.5) is 4.39 Å². The smallest absolute Gasteiger partial charge is 0.152 e. The summed E-state index contributed by atoms with van der Waals surface area (Å²) in [6.45, 7) is -0.268. The van der Waals surface area contributed by atoms with E-state index in [-0.39, 0.29) is 18.0 Å². The number of aromatic nitrogens is 4. The SMILES string of the molecule is Cn1nnc(-c2ncc(Br)cc2F)c1CO. The molecule has 0 bridgehead atoms. The van der Waals surface area contributed by atoms with Gasteiger partial charge in [-0.25, -0.2) is 9.07 Å². The van der Waals surface area contributed by atoms with Crippen LogP contribution < -0.4 is 0 Å². The third kappa shape index (κ3) is 1.83. The Hall–Kier alpha value is -1.34. The maximum absolute atomic E-state index is 13.6. The topological polar surface area (TPSA) is 63.8 Å². The Kier molecular flexibility index (Phi) is 2.97. The van der Waals surface area contributed by atoms with Gasteiger partial charge in [-0.2, -0.15) is 0 Å². The first-order valence-corrected chi connectivity index (χ1v) is 5.23. The summed E-state index contributed by atoms with van der Waals surface area (Å²) in [5.74, 6) is -0.510. The molecule has 0 unspecified atom stereocenters. The number of hydrogen-bond donors (Lipinski definition) is 1. The van der Waals surface area contributed by atoms with Crippen molar-refractivity contribution in [3.8, 4) is 11.4 Å². The minimum Gasteiger partial charge on any atom is -0.390 e. The molecule has 2 rings (SSSR count). The molecule has 0 aromatic carbocycles. The highest BCUT2D eigenvalue weighted by molar-refractivity contribution is 9.10. The highest BCUT2D eigenvalue weighted by Gasteiger charge is 2.17. The van der Waals surface area contributed by atoms with Gasteiger partial charge in [0.05, 0.1) is 12.3 Å². The lowest BCUT2D eigenvalue weighted by Gasteiger charge is -2.01. The third-order valence-corrected chi connectivity index (χ3v) is 2.56. The van der Waals surface area contributed by atoms with E-state index < -0.39 is 5.82 Å². The van der Waals surface area contributed by atoms with Gasteiger partial charge in [-0.3, -0.25) is 4.98 Å². The molecule has 84 valence electrons. The lowest BCUT2D eigenvalue weighted by Crippen LogP contribution is -2.00. The summed E-state index contributed by atoms with van der Waals surface area (Å²) in [4.78, 5) is 3.92. The summed E-state index contributed by atoms with van der Waals surface area (Å²) in [6, 6.07) is 1.29. The molecule has 0 spiro atoms. The average molecular weight is 287 g/mol. The monoisotopic (exact) mass is 286 g/mol. The van der Waals surface area contributed by atoms with Crippen molar-refractivity contribution in [1.82, 2.24) is 20.0 Å². The Bertz CT molecular complexity index is 528. The van der Waals surface area contributed by atoms with Crippen molar-refractivity contribution in [1.29, 1.82) is 0 Å². The summed E-state index contributed by atoms with van der Waals surface area (Å²) in [6.07, 6.45) is 1.47. The Morgan fingerprint density at radius 3 is 2.88 bits per heavy atom. The van der Waals surface area contributed by atoms with E-state index in [9.17, 15) is 4.39 Å². The molecule has 0 saturated carbocycles. The highest BCUT2D eigenvalue weighted by Crippen LogP contribution is 2.23. The van der Waals surface area contributed by atoms with E-state index in [0.29, 0.717) is 10.2 Å². The molecule has 2 heterocycles. The molecule has 0 aliphatic rings. The fourth-order valence-corrected chi connectivity index (χ4v) is 1.63. The summed E-state index contributed by atoms with van der Waals surface area (Å²) in [7, 11) is 1.62. The number of nitrogens with zero attached hydrogens (tertiary/aromatic N) is 4. The second-order valence-corrected chi connectivity index (χ2v) is 4.07. The largest absolute Gasteiger partial charge is 0.390 e. The van der Waals surface area contributed by atoms with Crippen LogP contribution in [0.15, 0.2) is 16.7 Å². The third-order valence-electron chi connectivity index (χ3n) is 2.12. The van der Waals surface area contributed by atoms with Crippen LogP contribution in [0.5, 0.6) is 0 Å². The van der Waals surface area contributed by atoms with E-state index in [1.807, 2.05) is 0 Å². The normalized spacial score (nSPS) is 10.8. The molecule has 0 aliphatic heterocycles. The van der Waals surface area contributed by atoms with Crippen molar-refractivity contribution >= 4 is 15.9 Å². The van der Waals surface area contributed by atoms with E-state index in [4.69, 9.17) is 5.11 Å². The van der Waals surface area contributed by atoms with Crippen LogP contribution in [0.1, 0.15) is 5.69 Å². The Labute approximate surface area is 99.1 Å². The van der Waals surface area contributed by atoms with Gasteiger partial charge >= 0.3 is 0 Å². The molecule has 2 aromatic rings. The number of halogens is 2.